The van der Waals surface area contributed by atoms with E-state index in [2.05, 4.69) is 4.98 Å². The van der Waals surface area contributed by atoms with Gasteiger partial charge in [-0.05, 0) is 37.8 Å². The molecule has 0 bridgehead atoms. The van der Waals surface area contributed by atoms with Gasteiger partial charge in [0, 0.05) is 23.2 Å². The van der Waals surface area contributed by atoms with Crippen LogP contribution in [0.1, 0.15) is 43.9 Å². The Kier molecular flexibility index (Phi) is 4.09. The number of carbonyl (C=O) groups excluding carboxylic acids is 2. The van der Waals surface area contributed by atoms with Crippen LogP contribution in [-0.2, 0) is 6.54 Å². The first-order valence-corrected chi connectivity index (χ1v) is 7.27. The predicted octanol–water partition coefficient (Wildman–Crippen LogP) is 3.17. The van der Waals surface area contributed by atoms with Gasteiger partial charge >= 0.3 is 0 Å². The van der Waals surface area contributed by atoms with Gasteiger partial charge < -0.3 is 9.88 Å². The van der Waals surface area contributed by atoms with Gasteiger partial charge in [0.15, 0.2) is 5.78 Å². The van der Waals surface area contributed by atoms with Gasteiger partial charge in [-0.15, -0.1) is 11.3 Å². The van der Waals surface area contributed by atoms with Crippen LogP contribution in [0.2, 0.25) is 0 Å². The van der Waals surface area contributed by atoms with Crippen LogP contribution in [0, 0.1) is 13.8 Å². The number of aromatic nitrogens is 1. The van der Waals surface area contributed by atoms with E-state index in [1.807, 2.05) is 31.4 Å². The number of ketones is 1. The molecule has 1 N–H and O–H groups in total. The summed E-state index contributed by atoms with van der Waals surface area (Å²) in [5.41, 5.74) is 2.62. The van der Waals surface area contributed by atoms with E-state index in [1.165, 1.54) is 6.92 Å². The molecule has 0 radical (unpaired) electrons. The zero-order valence-electron chi connectivity index (χ0n) is 12.1. The van der Waals surface area contributed by atoms with Gasteiger partial charge in [0.25, 0.3) is 5.91 Å². The zero-order chi connectivity index (χ0) is 14.9. The van der Waals surface area contributed by atoms with Crippen molar-refractivity contribution in [2.45, 2.75) is 27.3 Å². The Bertz CT molecular complexity index is 641. The second kappa shape index (κ2) is 5.63. The minimum Gasteiger partial charge on any atom is -0.354 e. The summed E-state index contributed by atoms with van der Waals surface area (Å²) in [7, 11) is 1.77. The molecule has 2 aromatic rings. The minimum absolute atomic E-state index is 0.0174. The molecule has 5 heteroatoms. The fourth-order valence-corrected chi connectivity index (χ4v) is 3.15. The maximum atomic E-state index is 12.5. The monoisotopic (exact) mass is 290 g/mol. The predicted molar refractivity (Wildman–Crippen MR) is 80.4 cm³/mol. The topological polar surface area (TPSA) is 53.2 Å². The molecule has 0 atom stereocenters. The van der Waals surface area contributed by atoms with Crippen LogP contribution in [0.15, 0.2) is 17.5 Å². The highest BCUT2D eigenvalue weighted by molar-refractivity contribution is 7.09. The van der Waals surface area contributed by atoms with Crippen molar-refractivity contribution in [2.24, 2.45) is 0 Å². The first kappa shape index (κ1) is 14.5. The second-order valence-electron chi connectivity index (χ2n) is 4.92. The molecule has 0 aliphatic heterocycles. The molecular weight excluding hydrogens is 272 g/mol. The molecule has 1 amide bonds. The molecule has 20 heavy (non-hydrogen) atoms. The Morgan fingerprint density at radius 3 is 2.55 bits per heavy atom. The smallest absolute Gasteiger partial charge is 0.270 e. The van der Waals surface area contributed by atoms with Gasteiger partial charge in [-0.3, -0.25) is 9.59 Å². The lowest BCUT2D eigenvalue weighted by molar-refractivity contribution is 0.0780. The molecule has 2 heterocycles. The standard InChI is InChI=1S/C15H18N2O2S/c1-9-13(11(3)18)10(2)16-14(9)15(19)17(4)8-12-6-5-7-20-12/h5-7,16H,8H2,1-4H3. The van der Waals surface area contributed by atoms with E-state index in [0.717, 1.165) is 16.1 Å². The van der Waals surface area contributed by atoms with Crippen molar-refractivity contribution < 1.29 is 9.59 Å². The van der Waals surface area contributed by atoms with Crippen LogP contribution in [0.25, 0.3) is 0 Å². The summed E-state index contributed by atoms with van der Waals surface area (Å²) in [4.78, 5) is 29.9. The van der Waals surface area contributed by atoms with E-state index in [-0.39, 0.29) is 11.7 Å². The number of H-pyrrole nitrogens is 1. The van der Waals surface area contributed by atoms with E-state index < -0.39 is 0 Å². The quantitative estimate of drug-likeness (QED) is 0.879. The third kappa shape index (κ3) is 2.67. The number of rotatable bonds is 4. The van der Waals surface area contributed by atoms with E-state index in [4.69, 9.17) is 0 Å². The molecule has 0 saturated carbocycles. The largest absolute Gasteiger partial charge is 0.354 e. The maximum absolute atomic E-state index is 12.5. The summed E-state index contributed by atoms with van der Waals surface area (Å²) >= 11 is 1.62. The van der Waals surface area contributed by atoms with Crippen LogP contribution in [0.3, 0.4) is 0 Å². The van der Waals surface area contributed by atoms with Gasteiger partial charge in [-0.2, -0.15) is 0 Å². The SMILES string of the molecule is CC(=O)c1c(C)[nH]c(C(=O)N(C)Cc2cccs2)c1C. The van der Waals surface area contributed by atoms with Gasteiger partial charge in [0.1, 0.15) is 5.69 Å². The Labute approximate surface area is 122 Å². The van der Waals surface area contributed by atoms with Crippen molar-refractivity contribution in [3.05, 3.63) is 44.9 Å². The zero-order valence-corrected chi connectivity index (χ0v) is 12.9. The summed E-state index contributed by atoms with van der Waals surface area (Å²) in [6.45, 7) is 5.72. The molecule has 0 saturated heterocycles. The number of nitrogens with zero attached hydrogens (tertiary/aromatic N) is 1. The number of carbonyl (C=O) groups is 2. The van der Waals surface area contributed by atoms with E-state index >= 15 is 0 Å². The Morgan fingerprint density at radius 1 is 1.35 bits per heavy atom. The molecule has 0 spiro atoms. The molecule has 2 aromatic heterocycles. The number of thiophene rings is 1. The van der Waals surface area contributed by atoms with Crippen molar-refractivity contribution in [1.82, 2.24) is 9.88 Å². The first-order chi connectivity index (χ1) is 9.41. The van der Waals surface area contributed by atoms with Crippen LogP contribution < -0.4 is 0 Å². The molecule has 106 valence electrons. The van der Waals surface area contributed by atoms with Crippen LogP contribution in [0.5, 0.6) is 0 Å². The van der Waals surface area contributed by atoms with Gasteiger partial charge in [0.2, 0.25) is 0 Å². The molecule has 0 fully saturated rings. The summed E-state index contributed by atoms with van der Waals surface area (Å²) in [6.07, 6.45) is 0. The average molecular weight is 290 g/mol. The minimum atomic E-state index is -0.0912. The molecule has 0 aliphatic rings. The van der Waals surface area contributed by atoms with Crippen molar-refractivity contribution in [3.63, 3.8) is 0 Å². The highest BCUT2D eigenvalue weighted by Gasteiger charge is 2.22. The van der Waals surface area contributed by atoms with Crippen molar-refractivity contribution in [2.75, 3.05) is 7.05 Å². The lowest BCUT2D eigenvalue weighted by Crippen LogP contribution is -2.26. The van der Waals surface area contributed by atoms with Gasteiger partial charge in [-0.1, -0.05) is 6.07 Å². The van der Waals surface area contributed by atoms with E-state index in [9.17, 15) is 9.59 Å². The summed E-state index contributed by atoms with van der Waals surface area (Å²) in [5.74, 6) is -0.109. The normalized spacial score (nSPS) is 10.6. The number of aryl methyl sites for hydroxylation is 1. The summed E-state index contributed by atoms with van der Waals surface area (Å²) < 4.78 is 0. The molecule has 4 nitrogen and oxygen atoms in total. The van der Waals surface area contributed by atoms with E-state index in [0.29, 0.717) is 17.8 Å². The third-order valence-electron chi connectivity index (χ3n) is 3.32. The fraction of sp³-hybridized carbons (Fsp3) is 0.333. The summed E-state index contributed by atoms with van der Waals surface area (Å²) in [5, 5.41) is 1.99. The Balaban J connectivity index is 2.25. The number of hydrogen-bond acceptors (Lipinski definition) is 3. The summed E-state index contributed by atoms with van der Waals surface area (Å²) in [6, 6.07) is 3.97. The highest BCUT2D eigenvalue weighted by atomic mass is 32.1. The van der Waals surface area contributed by atoms with Crippen molar-refractivity contribution in [3.8, 4) is 0 Å². The number of amides is 1. The maximum Gasteiger partial charge on any atom is 0.270 e. The Morgan fingerprint density at radius 2 is 2.05 bits per heavy atom. The van der Waals surface area contributed by atoms with Crippen molar-refractivity contribution in [1.29, 1.82) is 0 Å². The molecule has 0 unspecified atom stereocenters. The van der Waals surface area contributed by atoms with E-state index in [1.54, 1.807) is 23.3 Å². The van der Waals surface area contributed by atoms with Gasteiger partial charge in [0.05, 0.1) is 6.54 Å². The number of Topliss-reactive ketones (excluding diaryl/α,β-unsaturated/α-hetero) is 1. The Hall–Kier alpha value is -1.88. The van der Waals surface area contributed by atoms with Crippen LogP contribution in [0.4, 0.5) is 0 Å². The molecule has 2 rings (SSSR count). The fourth-order valence-electron chi connectivity index (χ4n) is 2.39. The molecule has 0 aromatic carbocycles. The molecule has 0 aliphatic carbocycles. The highest BCUT2D eigenvalue weighted by Crippen LogP contribution is 2.20. The third-order valence-corrected chi connectivity index (χ3v) is 4.18. The first-order valence-electron chi connectivity index (χ1n) is 6.39. The molecular formula is C15H18N2O2S. The second-order valence-corrected chi connectivity index (χ2v) is 5.95. The number of hydrogen-bond donors (Lipinski definition) is 1. The van der Waals surface area contributed by atoms with Crippen LogP contribution in [-0.4, -0.2) is 28.6 Å². The number of nitrogens with one attached hydrogen (secondary N) is 1. The number of aromatic amines is 1. The lowest BCUT2D eigenvalue weighted by Gasteiger charge is -2.16. The van der Waals surface area contributed by atoms with Gasteiger partial charge in [-0.25, -0.2) is 0 Å². The van der Waals surface area contributed by atoms with Crippen molar-refractivity contribution >= 4 is 23.0 Å². The average Bonchev–Trinajstić information content (AvgIpc) is 2.96. The van der Waals surface area contributed by atoms with Crippen LogP contribution >= 0.6 is 11.3 Å². The lowest BCUT2D eigenvalue weighted by atomic mass is 10.1.